The molecule has 0 amide bonds. The van der Waals surface area contributed by atoms with E-state index < -0.39 is 22.2 Å². The lowest BCUT2D eigenvalue weighted by Crippen LogP contribution is -2.50. The fraction of sp³-hybridized carbons (Fsp3) is 0.667. The number of hydrogen-bond acceptors (Lipinski definition) is 3. The summed E-state index contributed by atoms with van der Waals surface area (Å²) in [5.74, 6) is -1.04. The molecule has 0 bridgehead atoms. The van der Waals surface area contributed by atoms with E-state index in [0.29, 0.717) is 16.7 Å². The molecule has 0 radical (unpaired) electrons. The fourth-order valence-electron chi connectivity index (χ4n) is 3.32. The van der Waals surface area contributed by atoms with Crippen LogP contribution in [-0.2, 0) is 21.4 Å². The molecule has 29 heavy (non-hydrogen) atoms. The van der Waals surface area contributed by atoms with Crippen molar-refractivity contribution in [2.45, 2.75) is 64.3 Å². The van der Waals surface area contributed by atoms with Crippen molar-refractivity contribution < 1.29 is 22.8 Å². The van der Waals surface area contributed by atoms with Crippen molar-refractivity contribution in [1.29, 1.82) is 0 Å². The van der Waals surface area contributed by atoms with E-state index in [-0.39, 0.29) is 6.42 Å². The molecule has 1 aromatic carbocycles. The first kappa shape index (κ1) is 25.4. The second-order valence-corrected chi connectivity index (χ2v) is 10.2. The van der Waals surface area contributed by atoms with E-state index in [1.165, 1.54) is 32.1 Å². The third-order valence-electron chi connectivity index (χ3n) is 4.51. The third-order valence-corrected chi connectivity index (χ3v) is 5.66. The number of benzene rings is 1. The minimum Gasteiger partial charge on any atom is -0.481 e. The zero-order valence-corrected chi connectivity index (χ0v) is 19.1. The standard InChI is InChI=1S/C21H37N3O4S/c1-5-6-7-8-9-10-12-18-13-11-14-19(15-18)22-29(27,28)23-20(16-21(25)26)17-24(2,3)4/h11,13-15,20,22-23H,5-10,12,16-17H2,1-4H3/p+1/t20-/m1/s1. The molecule has 0 aromatic heterocycles. The summed E-state index contributed by atoms with van der Waals surface area (Å²) >= 11 is 0. The molecular weight excluding hydrogens is 390 g/mol. The van der Waals surface area contributed by atoms with Crippen molar-refractivity contribution in [3.8, 4) is 0 Å². The molecule has 0 aliphatic rings. The molecule has 1 rings (SSSR count). The normalized spacial score (nSPS) is 13.2. The van der Waals surface area contributed by atoms with Gasteiger partial charge in [0.1, 0.15) is 0 Å². The van der Waals surface area contributed by atoms with Crippen molar-refractivity contribution in [2.75, 3.05) is 32.4 Å². The van der Waals surface area contributed by atoms with Crippen LogP contribution in [0.5, 0.6) is 0 Å². The van der Waals surface area contributed by atoms with Gasteiger partial charge in [0.25, 0.3) is 10.2 Å². The Morgan fingerprint density at radius 2 is 1.76 bits per heavy atom. The quantitative estimate of drug-likeness (QED) is 0.295. The smallest absolute Gasteiger partial charge is 0.305 e. The summed E-state index contributed by atoms with van der Waals surface area (Å²) in [6, 6.07) is 6.69. The Balaban J connectivity index is 2.66. The van der Waals surface area contributed by atoms with E-state index in [2.05, 4.69) is 16.4 Å². The predicted molar refractivity (Wildman–Crippen MR) is 118 cm³/mol. The summed E-state index contributed by atoms with van der Waals surface area (Å²) < 4.78 is 30.5. The largest absolute Gasteiger partial charge is 0.481 e. The van der Waals surface area contributed by atoms with Gasteiger partial charge in [0.05, 0.1) is 45.8 Å². The molecule has 7 nitrogen and oxygen atoms in total. The van der Waals surface area contributed by atoms with Gasteiger partial charge in [0, 0.05) is 0 Å². The molecule has 8 heteroatoms. The molecule has 0 spiro atoms. The van der Waals surface area contributed by atoms with Crippen LogP contribution in [0.25, 0.3) is 0 Å². The predicted octanol–water partition coefficient (Wildman–Crippen LogP) is 3.39. The lowest BCUT2D eigenvalue weighted by molar-refractivity contribution is -0.871. The van der Waals surface area contributed by atoms with E-state index in [1.807, 2.05) is 39.3 Å². The summed E-state index contributed by atoms with van der Waals surface area (Å²) in [5.41, 5.74) is 1.58. The van der Waals surface area contributed by atoms with Crippen molar-refractivity contribution in [1.82, 2.24) is 4.72 Å². The Bertz CT molecular complexity index is 730. The van der Waals surface area contributed by atoms with Crippen LogP contribution in [0.15, 0.2) is 24.3 Å². The molecule has 0 saturated heterocycles. The number of unbranched alkanes of at least 4 members (excludes halogenated alkanes) is 5. The average Bonchev–Trinajstić information content (AvgIpc) is 2.55. The summed E-state index contributed by atoms with van der Waals surface area (Å²) in [7, 11) is 1.80. The van der Waals surface area contributed by atoms with Gasteiger partial charge in [-0.15, -0.1) is 0 Å². The first-order valence-electron chi connectivity index (χ1n) is 10.4. The molecule has 1 aromatic rings. The topological polar surface area (TPSA) is 95.5 Å². The number of nitrogens with zero attached hydrogens (tertiary/aromatic N) is 1. The molecule has 1 atom stereocenters. The molecule has 0 aliphatic heterocycles. The molecule has 0 aliphatic carbocycles. The van der Waals surface area contributed by atoms with Crippen LogP contribution >= 0.6 is 0 Å². The number of aliphatic carboxylic acids is 1. The maximum atomic E-state index is 12.5. The van der Waals surface area contributed by atoms with Gasteiger partial charge < -0.3 is 9.59 Å². The number of quaternary nitrogens is 1. The highest BCUT2D eigenvalue weighted by atomic mass is 32.2. The van der Waals surface area contributed by atoms with Crippen LogP contribution in [0.4, 0.5) is 5.69 Å². The molecule has 166 valence electrons. The summed E-state index contributed by atoms with van der Waals surface area (Å²) in [5, 5.41) is 9.09. The Morgan fingerprint density at radius 1 is 1.10 bits per heavy atom. The number of hydrogen-bond donors (Lipinski definition) is 3. The number of carboxylic acid groups (broad SMARTS) is 1. The summed E-state index contributed by atoms with van der Waals surface area (Å²) in [4.78, 5) is 11.1. The van der Waals surface area contributed by atoms with Gasteiger partial charge in [-0.3, -0.25) is 9.52 Å². The van der Waals surface area contributed by atoms with Crippen LogP contribution in [0.3, 0.4) is 0 Å². The summed E-state index contributed by atoms with van der Waals surface area (Å²) in [6.07, 6.45) is 7.93. The van der Waals surface area contributed by atoms with E-state index in [1.54, 1.807) is 6.07 Å². The van der Waals surface area contributed by atoms with Crippen LogP contribution < -0.4 is 9.44 Å². The van der Waals surface area contributed by atoms with E-state index in [4.69, 9.17) is 5.11 Å². The highest BCUT2D eigenvalue weighted by Crippen LogP contribution is 2.16. The number of rotatable bonds is 15. The Labute approximate surface area is 176 Å². The highest BCUT2D eigenvalue weighted by molar-refractivity contribution is 7.90. The van der Waals surface area contributed by atoms with Crippen LogP contribution in [0.2, 0.25) is 0 Å². The number of carbonyl (C=O) groups is 1. The second-order valence-electron chi connectivity index (χ2n) is 8.71. The zero-order chi connectivity index (χ0) is 21.9. The molecule has 0 saturated carbocycles. The number of aryl methyl sites for hydroxylation is 1. The van der Waals surface area contributed by atoms with Crippen molar-refractivity contribution in [2.24, 2.45) is 0 Å². The Kier molecular flexibility index (Phi) is 10.6. The van der Waals surface area contributed by atoms with Crippen molar-refractivity contribution >= 4 is 21.9 Å². The lowest BCUT2D eigenvalue weighted by atomic mass is 10.0. The third kappa shape index (κ3) is 12.5. The minimum atomic E-state index is -3.88. The van der Waals surface area contributed by atoms with Gasteiger partial charge in [-0.25, -0.2) is 0 Å². The number of anilines is 1. The van der Waals surface area contributed by atoms with Gasteiger partial charge in [0.15, 0.2) is 0 Å². The molecule has 0 unspecified atom stereocenters. The van der Waals surface area contributed by atoms with Gasteiger partial charge >= 0.3 is 5.97 Å². The SMILES string of the molecule is CCCCCCCCc1cccc(NS(=O)(=O)N[C@H](CC(=O)O)C[N+](C)(C)C)c1. The fourth-order valence-corrected chi connectivity index (χ4v) is 4.41. The monoisotopic (exact) mass is 428 g/mol. The van der Waals surface area contributed by atoms with Crippen LogP contribution in [0, 0.1) is 0 Å². The Morgan fingerprint density at radius 3 is 2.38 bits per heavy atom. The lowest BCUT2D eigenvalue weighted by Gasteiger charge is -2.29. The zero-order valence-electron chi connectivity index (χ0n) is 18.3. The minimum absolute atomic E-state index is 0.269. The van der Waals surface area contributed by atoms with Gasteiger partial charge in [-0.1, -0.05) is 51.2 Å². The molecule has 3 N–H and O–H groups in total. The van der Waals surface area contributed by atoms with Crippen molar-refractivity contribution in [3.63, 3.8) is 0 Å². The molecular formula is C21H38N3O4S+. The number of nitrogens with one attached hydrogen (secondary N) is 2. The first-order chi connectivity index (χ1) is 13.5. The number of likely N-dealkylation sites (N-methyl/N-ethyl adjacent to an activating group) is 1. The number of carboxylic acids is 1. The summed E-state index contributed by atoms with van der Waals surface area (Å²) in [6.45, 7) is 2.57. The maximum absolute atomic E-state index is 12.5. The molecule has 0 fully saturated rings. The second kappa shape index (κ2) is 12.1. The van der Waals surface area contributed by atoms with E-state index in [0.717, 1.165) is 18.4 Å². The highest BCUT2D eigenvalue weighted by Gasteiger charge is 2.25. The maximum Gasteiger partial charge on any atom is 0.305 e. The van der Waals surface area contributed by atoms with Gasteiger partial charge in [-0.05, 0) is 30.5 Å². The van der Waals surface area contributed by atoms with Crippen LogP contribution in [0.1, 0.15) is 57.4 Å². The Hall–Kier alpha value is -1.64. The van der Waals surface area contributed by atoms with E-state index in [9.17, 15) is 13.2 Å². The molecule has 0 heterocycles. The van der Waals surface area contributed by atoms with Crippen LogP contribution in [-0.4, -0.2) is 57.7 Å². The van der Waals surface area contributed by atoms with Gasteiger partial charge in [-0.2, -0.15) is 13.1 Å². The van der Waals surface area contributed by atoms with Crippen molar-refractivity contribution in [3.05, 3.63) is 29.8 Å². The van der Waals surface area contributed by atoms with E-state index >= 15 is 0 Å². The first-order valence-corrected chi connectivity index (χ1v) is 11.9. The van der Waals surface area contributed by atoms with Gasteiger partial charge in [0.2, 0.25) is 0 Å². The average molecular weight is 429 g/mol.